The van der Waals surface area contributed by atoms with Gasteiger partial charge in [-0.2, -0.15) is 0 Å². The molecule has 0 N–H and O–H groups in total. The van der Waals surface area contributed by atoms with Crippen molar-refractivity contribution in [3.63, 3.8) is 0 Å². The lowest BCUT2D eigenvalue weighted by Gasteiger charge is -2.19. The number of nitrogens with zero attached hydrogens (tertiary/aromatic N) is 4. The molecule has 0 aliphatic rings. The molecule has 3 aromatic heterocycles. The lowest BCUT2D eigenvalue weighted by Crippen LogP contribution is -2.31. The number of hydrogen-bond acceptors (Lipinski definition) is 2. The van der Waals surface area contributed by atoms with Gasteiger partial charge in [-0.25, -0.2) is 4.98 Å². The van der Waals surface area contributed by atoms with Crippen molar-refractivity contribution < 1.29 is 23.0 Å². The van der Waals surface area contributed by atoms with Gasteiger partial charge in [0.2, 0.25) is 0 Å². The first-order chi connectivity index (χ1) is 39.8. The van der Waals surface area contributed by atoms with Crippen LogP contribution in [-0.2, 0) is 0 Å². The molecule has 0 fully saturated rings. The summed E-state index contributed by atoms with van der Waals surface area (Å²) in [4.78, 5) is 4.77. The van der Waals surface area contributed by atoms with Gasteiger partial charge in [-0.3, -0.25) is 13.7 Å². The summed E-state index contributed by atoms with van der Waals surface area (Å²) in [5.41, 5.74) is 10.7. The van der Waals surface area contributed by atoms with E-state index in [1.165, 1.54) is 0 Å². The van der Waals surface area contributed by atoms with Gasteiger partial charge < -0.3 is 4.74 Å². The van der Waals surface area contributed by atoms with Gasteiger partial charge in [0.15, 0.2) is 0 Å². The molecule has 340 valence electrons. The maximum atomic E-state index is 9.19. The van der Waals surface area contributed by atoms with E-state index in [1.807, 2.05) is 126 Å². The summed E-state index contributed by atoms with van der Waals surface area (Å²) < 4.78 is 101. The molecule has 0 atom stereocenters. The summed E-state index contributed by atoms with van der Waals surface area (Å²) in [5, 5.41) is 2.08. The van der Waals surface area contributed by atoms with Gasteiger partial charge in [0.05, 0.1) is 47.1 Å². The summed E-state index contributed by atoms with van der Waals surface area (Å²) in [6, 6.07) is 58.0. The minimum absolute atomic E-state index is 0.144. The first kappa shape index (κ1) is 33.0. The molecule has 0 unspecified atom stereocenters. The summed E-state index contributed by atoms with van der Waals surface area (Å²) >= 11 is 0. The zero-order valence-corrected chi connectivity index (χ0v) is 38.7. The van der Waals surface area contributed by atoms with Crippen molar-refractivity contribution in [1.29, 1.82) is 0 Å². The van der Waals surface area contributed by atoms with Crippen LogP contribution in [0.15, 0.2) is 261 Å². The molecule has 0 spiro atoms. The highest BCUT2D eigenvalue weighted by Crippen LogP contribution is 2.44. The van der Waals surface area contributed by atoms with Crippen molar-refractivity contribution in [3.8, 4) is 84.3 Å². The van der Waals surface area contributed by atoms with Crippen LogP contribution in [0.25, 0.3) is 106 Å². The van der Waals surface area contributed by atoms with E-state index in [4.69, 9.17) is 17.9 Å². The van der Waals surface area contributed by atoms with Crippen molar-refractivity contribution >= 4 is 32.8 Å². The van der Waals surface area contributed by atoms with Gasteiger partial charge in [-0.05, 0) is 117 Å². The summed E-state index contributed by atoms with van der Waals surface area (Å²) in [6.07, 6.45) is 5.33. The van der Waals surface area contributed by atoms with E-state index in [0.29, 0.717) is 28.2 Å². The Morgan fingerprint density at radius 2 is 1.11 bits per heavy atom. The number of rotatable bonds is 10. The molecule has 5 nitrogen and oxygen atoms in total. The van der Waals surface area contributed by atoms with Gasteiger partial charge in [0.25, 0.3) is 6.33 Å². The molecule has 0 aliphatic carbocycles. The molecule has 0 amide bonds. The number of imidazole rings is 1. The fourth-order valence-corrected chi connectivity index (χ4v) is 9.91. The topological polar surface area (TPSA) is 35.9 Å². The molecular formula is C67H46N4O. The van der Waals surface area contributed by atoms with E-state index in [9.17, 15) is 5.48 Å². The number of fused-ring (bicyclic) bond motifs is 4. The molecule has 72 heavy (non-hydrogen) atoms. The fourth-order valence-electron chi connectivity index (χ4n) is 9.91. The molecule has 10 aromatic carbocycles. The van der Waals surface area contributed by atoms with Crippen molar-refractivity contribution in [3.05, 3.63) is 273 Å². The highest BCUT2D eigenvalue weighted by Gasteiger charge is 2.23. The maximum Gasteiger partial charge on any atom is 0.269 e. The zero-order chi connectivity index (χ0) is 56.7. The second-order valence-electron chi connectivity index (χ2n) is 17.4. The van der Waals surface area contributed by atoms with Gasteiger partial charge >= 0.3 is 0 Å². The van der Waals surface area contributed by atoms with Crippen LogP contribution in [0.3, 0.4) is 0 Å². The second kappa shape index (κ2) is 18.1. The van der Waals surface area contributed by atoms with Crippen molar-refractivity contribution in [2.45, 2.75) is 6.92 Å². The Labute approximate surface area is 432 Å². The van der Waals surface area contributed by atoms with E-state index in [2.05, 4.69) is 72.4 Å². The Kier molecular flexibility index (Phi) is 8.29. The average Bonchev–Trinajstić information content (AvgIpc) is 3.74. The highest BCUT2D eigenvalue weighted by molar-refractivity contribution is 6.09. The Bertz CT molecular complexity index is 4590. The minimum Gasteiger partial charge on any atom is -0.457 e. The van der Waals surface area contributed by atoms with Crippen LogP contribution in [-0.4, -0.2) is 14.1 Å². The minimum atomic E-state index is -0.576. The van der Waals surface area contributed by atoms with E-state index < -0.39 is 60.4 Å². The standard InChI is InChI=1S/C67H46N4O/c1-46-59(50-27-12-5-13-28-50)41-51(47-21-6-2-7-22-47)42-60(46)58-38-36-52(43-65(58)72-53-37-39-57-56-29-14-15-32-61(56)71(64(57)44-53)66-35-18-19-40-68-66)69-45-70(63-34-17-16-33-62(63)69)67-54(48-23-8-3-9-24-48)30-20-31-55(67)49-25-10-4-11-26-49/h2-44H,1H3/i3D,4D,8D,9D,10D,11D,23D,24D,25D,26D. The second-order valence-corrected chi connectivity index (χ2v) is 17.4. The molecule has 0 bridgehead atoms. The van der Waals surface area contributed by atoms with E-state index in [0.717, 1.165) is 66.6 Å². The molecule has 0 radical (unpaired) electrons. The van der Waals surface area contributed by atoms with Crippen LogP contribution in [0.5, 0.6) is 11.5 Å². The monoisotopic (exact) mass is 932 g/mol. The Morgan fingerprint density at radius 3 is 1.83 bits per heavy atom. The Balaban J connectivity index is 1.08. The third-order valence-corrected chi connectivity index (χ3v) is 13.2. The highest BCUT2D eigenvalue weighted by atomic mass is 16.5. The van der Waals surface area contributed by atoms with Crippen molar-refractivity contribution in [2.24, 2.45) is 0 Å². The van der Waals surface area contributed by atoms with Crippen LogP contribution in [0.1, 0.15) is 19.3 Å². The number of pyridine rings is 1. The molecule has 0 aliphatic heterocycles. The average molecular weight is 933 g/mol. The molecule has 13 rings (SSSR count). The predicted octanol–water partition coefficient (Wildman–Crippen LogP) is 16.6. The van der Waals surface area contributed by atoms with Crippen molar-refractivity contribution in [1.82, 2.24) is 14.1 Å². The van der Waals surface area contributed by atoms with E-state index in [1.54, 1.807) is 29.0 Å². The van der Waals surface area contributed by atoms with Crippen LogP contribution >= 0.6 is 0 Å². The summed E-state index contributed by atoms with van der Waals surface area (Å²) in [6.45, 7) is 2.12. The molecule has 3 heterocycles. The molecule has 0 saturated heterocycles. The number of benzene rings is 10. The van der Waals surface area contributed by atoms with E-state index in [-0.39, 0.29) is 27.9 Å². The molecule has 13 aromatic rings. The SMILES string of the molecule is [2H]c1c([2H])c([2H])c(-c2cccc(-c3c([2H])c([2H])c([2H])c([2H])c3[2H])c2-[n+]2[c-]n(-c3ccc(-c4cc(-c5ccccc5)cc(-c5ccccc5)c4C)c(Oc4ccc5c6ccccc6n(-c6ccccn6)c5c4)c3)c3ccccc32)c([2H])c1[2H]. The van der Waals surface area contributed by atoms with Crippen LogP contribution in [0.4, 0.5) is 0 Å². The first-order valence-electron chi connectivity index (χ1n) is 28.5. The largest absolute Gasteiger partial charge is 0.457 e. The lowest BCUT2D eigenvalue weighted by atomic mass is 9.88. The predicted molar refractivity (Wildman–Crippen MR) is 294 cm³/mol. The van der Waals surface area contributed by atoms with Crippen LogP contribution in [0, 0.1) is 13.3 Å². The van der Waals surface area contributed by atoms with Gasteiger partial charge in [-0.15, -0.1) is 0 Å². The quantitative estimate of drug-likeness (QED) is 0.101. The summed E-state index contributed by atoms with van der Waals surface area (Å²) in [5.74, 6) is 1.81. The third-order valence-electron chi connectivity index (χ3n) is 13.2. The normalized spacial score (nSPS) is 13.3. The third kappa shape index (κ3) is 7.52. The summed E-state index contributed by atoms with van der Waals surface area (Å²) in [7, 11) is 0. The number of hydrogen-bond donors (Lipinski definition) is 0. The first-order valence-corrected chi connectivity index (χ1v) is 23.5. The Hall–Kier alpha value is -9.58. The smallest absolute Gasteiger partial charge is 0.269 e. The van der Waals surface area contributed by atoms with Crippen LogP contribution in [0.2, 0.25) is 0 Å². The van der Waals surface area contributed by atoms with Gasteiger partial charge in [0, 0.05) is 28.6 Å². The van der Waals surface area contributed by atoms with Crippen molar-refractivity contribution in [2.75, 3.05) is 0 Å². The zero-order valence-electron chi connectivity index (χ0n) is 48.7. The number of aromatic nitrogens is 4. The van der Waals surface area contributed by atoms with Gasteiger partial charge in [-0.1, -0.05) is 194 Å². The van der Waals surface area contributed by atoms with Gasteiger partial charge in [0.1, 0.15) is 17.3 Å². The Morgan fingerprint density at radius 1 is 0.472 bits per heavy atom. The number of para-hydroxylation sites is 4. The molecule has 0 saturated carbocycles. The fraction of sp³-hybridized carbons (Fsp3) is 0.0149. The lowest BCUT2D eigenvalue weighted by molar-refractivity contribution is -0.571. The van der Waals surface area contributed by atoms with E-state index >= 15 is 0 Å². The molecule has 5 heteroatoms. The maximum absolute atomic E-state index is 9.19. The van der Waals surface area contributed by atoms with Crippen LogP contribution < -0.4 is 9.30 Å². The number of ether oxygens (including phenoxy) is 1. The molecular weight excluding hydrogens is 877 g/mol.